The van der Waals surface area contributed by atoms with Gasteiger partial charge < -0.3 is 15.3 Å². The highest BCUT2D eigenvalue weighted by molar-refractivity contribution is 5.76. The van der Waals surface area contributed by atoms with Crippen LogP contribution >= 0.6 is 0 Å². The monoisotopic (exact) mass is 490 g/mol. The number of aliphatic hydroxyl groups is 1. The molecule has 5 heteroatoms. The smallest absolute Gasteiger partial charge is 0.310 e. The minimum Gasteiger partial charge on any atom is -0.481 e. The van der Waals surface area contributed by atoms with Crippen molar-refractivity contribution in [1.82, 2.24) is 0 Å². The third-order valence-corrected chi connectivity index (χ3v) is 13.1. The van der Waals surface area contributed by atoms with E-state index in [1.165, 1.54) is 25.7 Å². The van der Waals surface area contributed by atoms with Crippen LogP contribution in [0.5, 0.6) is 0 Å². The van der Waals surface area contributed by atoms with Crippen LogP contribution < -0.4 is 0 Å². The van der Waals surface area contributed by atoms with Gasteiger partial charge in [-0.05, 0) is 115 Å². The number of carboxylic acids is 2. The van der Waals surface area contributed by atoms with E-state index in [2.05, 4.69) is 34.6 Å². The van der Waals surface area contributed by atoms with Gasteiger partial charge in [-0.1, -0.05) is 41.5 Å². The van der Waals surface area contributed by atoms with Gasteiger partial charge in [0.15, 0.2) is 0 Å². The van der Waals surface area contributed by atoms with Gasteiger partial charge in [0.1, 0.15) is 0 Å². The molecule has 0 amide bonds. The molecule has 0 heterocycles. The van der Waals surface area contributed by atoms with Crippen molar-refractivity contribution in [3.63, 3.8) is 0 Å². The normalized spacial score (nSPS) is 48.1. The molecule has 4 aliphatic carbocycles. The molecule has 10 atom stereocenters. The number of rotatable bonds is 7. The number of carbonyl (C=O) groups is 2. The van der Waals surface area contributed by atoms with Gasteiger partial charge in [-0.3, -0.25) is 9.59 Å². The Morgan fingerprint density at radius 3 is 2.06 bits per heavy atom. The molecule has 0 aromatic heterocycles. The van der Waals surface area contributed by atoms with E-state index >= 15 is 0 Å². The van der Waals surface area contributed by atoms with E-state index in [4.69, 9.17) is 0 Å². The number of hydrogen-bond acceptors (Lipinski definition) is 3. The maximum Gasteiger partial charge on any atom is 0.310 e. The van der Waals surface area contributed by atoms with Crippen molar-refractivity contribution in [2.75, 3.05) is 6.61 Å². The maximum absolute atomic E-state index is 13.1. The lowest BCUT2D eigenvalue weighted by molar-refractivity contribution is -0.226. The Morgan fingerprint density at radius 1 is 0.857 bits per heavy atom. The quantitative estimate of drug-likeness (QED) is 0.379. The second-order valence-corrected chi connectivity index (χ2v) is 14.0. The lowest BCUT2D eigenvalue weighted by Crippen LogP contribution is -2.65. The number of carboxylic acid groups (broad SMARTS) is 2. The van der Waals surface area contributed by atoms with E-state index in [9.17, 15) is 24.9 Å². The van der Waals surface area contributed by atoms with Crippen molar-refractivity contribution in [3.05, 3.63) is 0 Å². The Kier molecular flexibility index (Phi) is 6.95. The minimum atomic E-state index is -0.951. The average molecular weight is 491 g/mol. The third-order valence-electron chi connectivity index (χ3n) is 13.1. The van der Waals surface area contributed by atoms with Crippen molar-refractivity contribution in [2.45, 2.75) is 106 Å². The van der Waals surface area contributed by atoms with E-state index < -0.39 is 23.3 Å². The van der Waals surface area contributed by atoms with Crippen LogP contribution in [-0.2, 0) is 9.59 Å². The fraction of sp³-hybridized carbons (Fsp3) is 0.933. The Morgan fingerprint density at radius 2 is 1.51 bits per heavy atom. The molecule has 0 radical (unpaired) electrons. The SMILES string of the molecule is CC[C@]1(C(=O)O)C2CC[C@@]3(C)[C@@H]4CCC(C(C)C)C4(C)CC[C@]3(C)[C@H]2CC[C@H]1[C@@H](CO)CC(=O)O. The van der Waals surface area contributed by atoms with Gasteiger partial charge in [0.05, 0.1) is 11.8 Å². The van der Waals surface area contributed by atoms with Crippen LogP contribution in [0.2, 0.25) is 0 Å². The summed E-state index contributed by atoms with van der Waals surface area (Å²) in [6.07, 6.45) is 9.04. The molecule has 0 spiro atoms. The second-order valence-electron chi connectivity index (χ2n) is 14.0. The molecule has 0 saturated heterocycles. The predicted octanol–water partition coefficient (Wildman–Crippen LogP) is 6.48. The molecule has 3 N–H and O–H groups in total. The molecule has 4 fully saturated rings. The number of aliphatic hydroxyl groups excluding tert-OH is 1. The fourth-order valence-electron chi connectivity index (χ4n) is 11.4. The molecule has 0 aromatic carbocycles. The van der Waals surface area contributed by atoms with E-state index in [-0.39, 0.29) is 35.7 Å². The first-order valence-corrected chi connectivity index (χ1v) is 14.4. The summed E-state index contributed by atoms with van der Waals surface area (Å²) in [5.41, 5.74) is -0.251. The van der Waals surface area contributed by atoms with E-state index in [1.54, 1.807) is 0 Å². The van der Waals surface area contributed by atoms with Crippen molar-refractivity contribution < 1.29 is 24.9 Å². The van der Waals surface area contributed by atoms with Gasteiger partial charge in [0.2, 0.25) is 0 Å². The maximum atomic E-state index is 13.1. The van der Waals surface area contributed by atoms with Crippen LogP contribution in [0.4, 0.5) is 0 Å². The molecule has 0 aromatic rings. The molecule has 4 aliphatic rings. The highest BCUT2D eigenvalue weighted by atomic mass is 16.4. The zero-order valence-corrected chi connectivity index (χ0v) is 23.0. The van der Waals surface area contributed by atoms with Crippen LogP contribution in [0.1, 0.15) is 106 Å². The predicted molar refractivity (Wildman–Crippen MR) is 137 cm³/mol. The van der Waals surface area contributed by atoms with Crippen LogP contribution in [0, 0.1) is 63.1 Å². The Bertz CT molecular complexity index is 839. The topological polar surface area (TPSA) is 94.8 Å². The van der Waals surface area contributed by atoms with Gasteiger partial charge in [-0.15, -0.1) is 0 Å². The fourth-order valence-corrected chi connectivity index (χ4v) is 11.4. The van der Waals surface area contributed by atoms with Gasteiger partial charge in [-0.25, -0.2) is 0 Å². The Hall–Kier alpha value is -1.10. The first kappa shape index (κ1) is 26.9. The summed E-state index contributed by atoms with van der Waals surface area (Å²) >= 11 is 0. The van der Waals surface area contributed by atoms with Crippen molar-refractivity contribution in [3.8, 4) is 0 Å². The summed E-state index contributed by atoms with van der Waals surface area (Å²) in [6, 6.07) is 0. The molecule has 200 valence electrons. The van der Waals surface area contributed by atoms with Gasteiger partial charge in [-0.2, -0.15) is 0 Å². The summed E-state index contributed by atoms with van der Waals surface area (Å²) in [5.74, 6) is 0.0726. The zero-order valence-electron chi connectivity index (χ0n) is 23.0. The molecule has 3 unspecified atom stereocenters. The van der Waals surface area contributed by atoms with Gasteiger partial charge >= 0.3 is 11.9 Å². The average Bonchev–Trinajstić information content (AvgIpc) is 3.16. The van der Waals surface area contributed by atoms with Gasteiger partial charge in [0.25, 0.3) is 0 Å². The first-order valence-electron chi connectivity index (χ1n) is 14.4. The summed E-state index contributed by atoms with van der Waals surface area (Å²) in [5, 5.41) is 30.4. The third kappa shape index (κ3) is 3.56. The molecule has 0 bridgehead atoms. The molecule has 4 saturated carbocycles. The van der Waals surface area contributed by atoms with Crippen molar-refractivity contribution in [1.29, 1.82) is 0 Å². The molecule has 0 aliphatic heterocycles. The highest BCUT2D eigenvalue weighted by Gasteiger charge is 2.70. The highest BCUT2D eigenvalue weighted by Crippen LogP contribution is 2.76. The van der Waals surface area contributed by atoms with E-state index in [0.29, 0.717) is 36.0 Å². The van der Waals surface area contributed by atoms with Crippen molar-refractivity contribution >= 4 is 11.9 Å². The van der Waals surface area contributed by atoms with E-state index in [0.717, 1.165) is 25.2 Å². The lowest BCUT2D eigenvalue weighted by atomic mass is 9.34. The van der Waals surface area contributed by atoms with Crippen LogP contribution in [-0.4, -0.2) is 33.9 Å². The number of fused-ring (bicyclic) bond motifs is 5. The summed E-state index contributed by atoms with van der Waals surface area (Å²) in [7, 11) is 0. The molecule has 4 rings (SSSR count). The van der Waals surface area contributed by atoms with Crippen LogP contribution in [0.15, 0.2) is 0 Å². The zero-order chi connectivity index (χ0) is 26.0. The van der Waals surface area contributed by atoms with Crippen molar-refractivity contribution in [2.24, 2.45) is 63.1 Å². The van der Waals surface area contributed by atoms with Crippen LogP contribution in [0.3, 0.4) is 0 Å². The summed E-state index contributed by atoms with van der Waals surface area (Å²) < 4.78 is 0. The second kappa shape index (κ2) is 9.03. The molecular weight excluding hydrogens is 440 g/mol. The standard InChI is InChI=1S/C30H50O5/c1-7-30(26(34)35)21(19(17-31)16-25(32)33)8-9-22-23(30)12-13-29(6)24-11-10-20(18(2)3)27(24,4)14-15-28(22,29)5/h18-24,31H,7-17H2,1-6H3,(H,32,33)(H,34,35)/t19-,20?,21+,22+,23?,24-,27?,28-,29+,30-/m1/s1. The Labute approximate surface area is 212 Å². The summed E-state index contributed by atoms with van der Waals surface area (Å²) in [6.45, 7) is 14.1. The lowest BCUT2D eigenvalue weighted by Gasteiger charge is -2.70. The number of aliphatic carboxylic acids is 2. The van der Waals surface area contributed by atoms with E-state index in [1.807, 2.05) is 6.92 Å². The number of hydrogen-bond donors (Lipinski definition) is 3. The first-order chi connectivity index (χ1) is 16.3. The summed E-state index contributed by atoms with van der Waals surface area (Å²) in [4.78, 5) is 24.7. The van der Waals surface area contributed by atoms with Crippen LogP contribution in [0.25, 0.3) is 0 Å². The Balaban J connectivity index is 1.74. The molecular formula is C30H50O5. The molecule has 35 heavy (non-hydrogen) atoms. The largest absolute Gasteiger partial charge is 0.481 e. The minimum absolute atomic E-state index is 0.0522. The molecule has 5 nitrogen and oxygen atoms in total. The van der Waals surface area contributed by atoms with Gasteiger partial charge in [0, 0.05) is 6.61 Å².